The van der Waals surface area contributed by atoms with E-state index in [1.807, 2.05) is 6.92 Å². The van der Waals surface area contributed by atoms with Gasteiger partial charge in [-0.05, 0) is 19.1 Å². The van der Waals surface area contributed by atoms with Crippen molar-refractivity contribution in [2.24, 2.45) is 0 Å². The Balaban J connectivity index is 4.19. The molecule has 0 atom stereocenters. The van der Waals surface area contributed by atoms with Crippen molar-refractivity contribution in [1.82, 2.24) is 5.32 Å². The number of carbonyl (C=O) groups excluding carboxylic acids is 1. The van der Waals surface area contributed by atoms with Crippen LogP contribution >= 0.6 is 0 Å². The molecule has 2 heteroatoms. The average molecular weight is 163 g/mol. The Kier molecular flexibility index (Phi) is 5.35. The van der Waals surface area contributed by atoms with Crippen LogP contribution in [0.1, 0.15) is 6.92 Å². The predicted molar refractivity (Wildman–Crippen MR) is 51.4 cm³/mol. The molecule has 12 heavy (non-hydrogen) atoms. The molecule has 0 spiro atoms. The summed E-state index contributed by atoms with van der Waals surface area (Å²) >= 11 is 0. The highest BCUT2D eigenvalue weighted by atomic mass is 16.1. The van der Waals surface area contributed by atoms with Gasteiger partial charge in [0.2, 0.25) is 5.91 Å². The number of hydrogen-bond acceptors (Lipinski definition) is 1. The molecule has 64 valence electrons. The van der Waals surface area contributed by atoms with Crippen molar-refractivity contribution in [3.63, 3.8) is 0 Å². The van der Waals surface area contributed by atoms with Gasteiger partial charge in [0.15, 0.2) is 0 Å². The normalized spacial score (nSPS) is 11.2. The van der Waals surface area contributed by atoms with Crippen LogP contribution in [0.4, 0.5) is 0 Å². The minimum Gasteiger partial charge on any atom is -0.323 e. The molecule has 0 saturated carbocycles. The zero-order valence-electron chi connectivity index (χ0n) is 7.21. The van der Waals surface area contributed by atoms with Gasteiger partial charge in [0.1, 0.15) is 0 Å². The van der Waals surface area contributed by atoms with Gasteiger partial charge >= 0.3 is 0 Å². The molecule has 0 aliphatic heterocycles. The third-order valence-electron chi connectivity index (χ3n) is 1.18. The molecule has 0 bridgehead atoms. The number of carbonyl (C=O) groups is 1. The van der Waals surface area contributed by atoms with E-state index in [2.05, 4.69) is 18.5 Å². The molecule has 0 aliphatic rings. The zero-order chi connectivity index (χ0) is 9.40. The van der Waals surface area contributed by atoms with Crippen LogP contribution in [-0.2, 0) is 4.79 Å². The lowest BCUT2D eigenvalue weighted by molar-refractivity contribution is -0.115. The summed E-state index contributed by atoms with van der Waals surface area (Å²) in [6, 6.07) is 0. The molecule has 0 fully saturated rings. The van der Waals surface area contributed by atoms with E-state index >= 15 is 0 Å². The summed E-state index contributed by atoms with van der Waals surface area (Å²) in [7, 11) is 0. The molecular weight excluding hydrogens is 150 g/mol. The number of nitrogens with one attached hydrogen (secondary N) is 1. The zero-order valence-corrected chi connectivity index (χ0v) is 7.21. The van der Waals surface area contributed by atoms with Gasteiger partial charge in [-0.1, -0.05) is 31.4 Å². The number of amides is 1. The van der Waals surface area contributed by atoms with Crippen LogP contribution in [0, 0.1) is 0 Å². The largest absolute Gasteiger partial charge is 0.323 e. The average Bonchev–Trinajstić information content (AvgIpc) is 2.11. The first kappa shape index (κ1) is 10.4. The molecule has 0 radical (unpaired) electrons. The van der Waals surface area contributed by atoms with E-state index in [4.69, 9.17) is 0 Å². The lowest BCUT2D eigenvalue weighted by atomic mass is 10.3. The van der Waals surface area contributed by atoms with Gasteiger partial charge in [-0.3, -0.25) is 4.79 Å². The molecule has 0 rings (SSSR count). The summed E-state index contributed by atoms with van der Waals surface area (Å²) in [4.78, 5) is 10.8. The first-order valence-corrected chi connectivity index (χ1v) is 3.63. The summed E-state index contributed by atoms with van der Waals surface area (Å²) in [6.07, 6.45) is 8.17. The Morgan fingerprint density at radius 1 is 1.42 bits per heavy atom. The maximum atomic E-state index is 10.8. The minimum absolute atomic E-state index is 0.211. The Labute approximate surface area is 73.0 Å². The Morgan fingerprint density at radius 2 is 2.08 bits per heavy atom. The van der Waals surface area contributed by atoms with Crippen molar-refractivity contribution in [1.29, 1.82) is 0 Å². The van der Waals surface area contributed by atoms with E-state index in [-0.39, 0.29) is 5.91 Å². The standard InChI is InChI=1S/C10H13NO/c1-4-7-8-9(5-2)11-10(12)6-3/h4-8H,1,3H2,2H3,(H,11,12)/b8-7-,9-5+. The van der Waals surface area contributed by atoms with Crippen molar-refractivity contribution in [2.45, 2.75) is 6.92 Å². The van der Waals surface area contributed by atoms with Crippen LogP contribution in [0.2, 0.25) is 0 Å². The Morgan fingerprint density at radius 3 is 2.50 bits per heavy atom. The molecule has 0 unspecified atom stereocenters. The first-order chi connectivity index (χ1) is 5.74. The third-order valence-corrected chi connectivity index (χ3v) is 1.18. The summed E-state index contributed by atoms with van der Waals surface area (Å²) in [5.74, 6) is -0.211. The van der Waals surface area contributed by atoms with Crippen LogP contribution in [0.25, 0.3) is 0 Å². The minimum atomic E-state index is -0.211. The number of rotatable bonds is 4. The number of allylic oxidation sites excluding steroid dienone is 4. The first-order valence-electron chi connectivity index (χ1n) is 3.63. The lowest BCUT2D eigenvalue weighted by Gasteiger charge is -2.00. The van der Waals surface area contributed by atoms with Crippen molar-refractivity contribution < 1.29 is 4.79 Å². The molecule has 1 N–H and O–H groups in total. The molecule has 0 heterocycles. The van der Waals surface area contributed by atoms with Crippen LogP contribution in [0.15, 0.2) is 49.2 Å². The second kappa shape index (κ2) is 6.16. The van der Waals surface area contributed by atoms with Gasteiger partial charge in [-0.2, -0.15) is 0 Å². The Hall–Kier alpha value is -1.57. The van der Waals surface area contributed by atoms with E-state index in [0.717, 1.165) is 5.70 Å². The van der Waals surface area contributed by atoms with Gasteiger partial charge in [0.25, 0.3) is 0 Å². The summed E-state index contributed by atoms with van der Waals surface area (Å²) < 4.78 is 0. The highest BCUT2D eigenvalue weighted by Crippen LogP contribution is 1.91. The molecular formula is C10H13NO. The van der Waals surface area contributed by atoms with E-state index in [0.29, 0.717) is 0 Å². The number of hydrogen-bond donors (Lipinski definition) is 1. The molecule has 0 aromatic rings. The van der Waals surface area contributed by atoms with E-state index < -0.39 is 0 Å². The van der Waals surface area contributed by atoms with Crippen molar-refractivity contribution in [3.05, 3.63) is 49.2 Å². The van der Waals surface area contributed by atoms with Crippen molar-refractivity contribution >= 4 is 5.91 Å². The van der Waals surface area contributed by atoms with Crippen LogP contribution in [0.5, 0.6) is 0 Å². The molecule has 0 aromatic heterocycles. The molecule has 2 nitrogen and oxygen atoms in total. The van der Waals surface area contributed by atoms with E-state index in [1.54, 1.807) is 24.3 Å². The SMILES string of the molecule is C=C/C=C\C(=C/C)NC(=O)C=C. The van der Waals surface area contributed by atoms with Gasteiger partial charge < -0.3 is 5.32 Å². The molecule has 1 amide bonds. The van der Waals surface area contributed by atoms with E-state index in [9.17, 15) is 4.79 Å². The maximum Gasteiger partial charge on any atom is 0.247 e. The Bertz CT molecular complexity index is 236. The van der Waals surface area contributed by atoms with Gasteiger partial charge in [-0.25, -0.2) is 0 Å². The topological polar surface area (TPSA) is 29.1 Å². The lowest BCUT2D eigenvalue weighted by Crippen LogP contribution is -2.18. The van der Waals surface area contributed by atoms with Crippen molar-refractivity contribution in [3.8, 4) is 0 Å². The van der Waals surface area contributed by atoms with Crippen LogP contribution in [-0.4, -0.2) is 5.91 Å². The van der Waals surface area contributed by atoms with E-state index in [1.165, 1.54) is 6.08 Å². The van der Waals surface area contributed by atoms with Crippen LogP contribution in [0.3, 0.4) is 0 Å². The highest BCUT2D eigenvalue weighted by molar-refractivity contribution is 5.88. The summed E-state index contributed by atoms with van der Waals surface area (Å²) in [6.45, 7) is 8.70. The fourth-order valence-corrected chi connectivity index (χ4v) is 0.575. The fraction of sp³-hybridized carbons (Fsp3) is 0.100. The molecule has 0 saturated heterocycles. The van der Waals surface area contributed by atoms with Gasteiger partial charge in [-0.15, -0.1) is 0 Å². The van der Waals surface area contributed by atoms with Gasteiger partial charge in [0, 0.05) is 5.70 Å². The smallest absolute Gasteiger partial charge is 0.247 e. The maximum absolute atomic E-state index is 10.8. The fourth-order valence-electron chi connectivity index (χ4n) is 0.575. The molecule has 0 aromatic carbocycles. The van der Waals surface area contributed by atoms with Crippen molar-refractivity contribution in [2.75, 3.05) is 0 Å². The molecule has 0 aliphatic carbocycles. The summed E-state index contributed by atoms with van der Waals surface area (Å²) in [5, 5.41) is 2.62. The van der Waals surface area contributed by atoms with Crippen LogP contribution < -0.4 is 5.32 Å². The monoisotopic (exact) mass is 163 g/mol. The predicted octanol–water partition coefficient (Wildman–Crippen LogP) is 1.93. The second-order valence-electron chi connectivity index (χ2n) is 2.03. The van der Waals surface area contributed by atoms with Gasteiger partial charge in [0.05, 0.1) is 0 Å². The quantitative estimate of drug-likeness (QED) is 0.498. The second-order valence-corrected chi connectivity index (χ2v) is 2.03. The third kappa shape index (κ3) is 4.28. The highest BCUT2D eigenvalue weighted by Gasteiger charge is 1.93. The summed E-state index contributed by atoms with van der Waals surface area (Å²) in [5.41, 5.74) is 0.736.